The normalized spacial score (nSPS) is 10.9. The molecule has 2 aromatic carbocycles. The number of nitrogens with one attached hydrogen (secondary N) is 2. The lowest BCUT2D eigenvalue weighted by Gasteiger charge is -2.11. The molecule has 0 fully saturated rings. The number of benzene rings is 2. The third kappa shape index (κ3) is 6.46. The highest BCUT2D eigenvalue weighted by atomic mass is 16.6. The van der Waals surface area contributed by atoms with Crippen LogP contribution >= 0.6 is 0 Å². The predicted octanol–water partition coefficient (Wildman–Crippen LogP) is 3.29. The number of amides is 2. The number of nitro groups is 1. The van der Waals surface area contributed by atoms with Gasteiger partial charge in [0.05, 0.1) is 12.0 Å². The summed E-state index contributed by atoms with van der Waals surface area (Å²) < 4.78 is 5.12. The van der Waals surface area contributed by atoms with Crippen LogP contribution in [0.5, 0.6) is 5.75 Å². The fourth-order valence-electron chi connectivity index (χ4n) is 2.43. The third-order valence-corrected chi connectivity index (χ3v) is 4.08. The van der Waals surface area contributed by atoms with Crippen molar-refractivity contribution in [1.29, 1.82) is 0 Å². The molecule has 0 aliphatic heterocycles. The van der Waals surface area contributed by atoms with Crippen molar-refractivity contribution in [3.05, 3.63) is 75.5 Å². The van der Waals surface area contributed by atoms with Crippen LogP contribution in [0.15, 0.2) is 54.2 Å². The molecule has 0 saturated heterocycles. The molecule has 0 radical (unpaired) electrons. The molecule has 8 nitrogen and oxygen atoms in total. The molecule has 0 aliphatic carbocycles. The minimum Gasteiger partial charge on any atom is -0.497 e. The number of nitro benzene ring substituents is 1. The van der Waals surface area contributed by atoms with Crippen LogP contribution in [0.1, 0.15) is 35.7 Å². The minimum atomic E-state index is -0.544. The Balaban J connectivity index is 2.23. The minimum absolute atomic E-state index is 0.0784. The van der Waals surface area contributed by atoms with Gasteiger partial charge in [-0.3, -0.25) is 19.7 Å². The molecule has 2 aromatic rings. The van der Waals surface area contributed by atoms with Crippen molar-refractivity contribution < 1.29 is 19.2 Å². The molecule has 8 heteroatoms. The van der Waals surface area contributed by atoms with E-state index in [0.717, 1.165) is 12.8 Å². The molecular formula is C21H23N3O5. The number of carbonyl (C=O) groups excluding carboxylic acids is 2. The maximum atomic E-state index is 12.5. The molecule has 0 bridgehead atoms. The zero-order chi connectivity index (χ0) is 21.2. The molecular weight excluding hydrogens is 374 g/mol. The Bertz CT molecular complexity index is 890. The Kier molecular flexibility index (Phi) is 7.90. The van der Waals surface area contributed by atoms with Gasteiger partial charge in [-0.2, -0.15) is 0 Å². The number of ether oxygens (including phenoxy) is 1. The Morgan fingerprint density at radius 2 is 1.76 bits per heavy atom. The summed E-state index contributed by atoms with van der Waals surface area (Å²) in [7, 11) is 1.56. The van der Waals surface area contributed by atoms with Crippen molar-refractivity contribution >= 4 is 23.6 Å². The van der Waals surface area contributed by atoms with Crippen LogP contribution in [0.2, 0.25) is 0 Å². The molecule has 2 rings (SSSR count). The maximum absolute atomic E-state index is 12.5. The zero-order valence-corrected chi connectivity index (χ0v) is 16.3. The molecule has 0 saturated carbocycles. The van der Waals surface area contributed by atoms with Crippen LogP contribution in [-0.2, 0) is 4.79 Å². The summed E-state index contributed by atoms with van der Waals surface area (Å²) in [4.78, 5) is 35.3. The van der Waals surface area contributed by atoms with E-state index in [1.165, 1.54) is 24.3 Å². The van der Waals surface area contributed by atoms with Crippen molar-refractivity contribution in [1.82, 2.24) is 10.6 Å². The van der Waals surface area contributed by atoms with E-state index in [4.69, 9.17) is 4.74 Å². The zero-order valence-electron chi connectivity index (χ0n) is 16.3. The Labute approximate surface area is 168 Å². The van der Waals surface area contributed by atoms with E-state index in [2.05, 4.69) is 10.6 Å². The van der Waals surface area contributed by atoms with Crippen molar-refractivity contribution in [2.45, 2.75) is 19.8 Å². The highest BCUT2D eigenvalue weighted by Crippen LogP contribution is 2.15. The summed E-state index contributed by atoms with van der Waals surface area (Å²) in [6, 6.07) is 12.2. The van der Waals surface area contributed by atoms with E-state index in [-0.39, 0.29) is 16.9 Å². The van der Waals surface area contributed by atoms with Crippen LogP contribution < -0.4 is 15.4 Å². The van der Waals surface area contributed by atoms with Crippen LogP contribution in [0.4, 0.5) is 5.69 Å². The molecule has 0 aliphatic rings. The smallest absolute Gasteiger partial charge is 0.269 e. The highest BCUT2D eigenvalue weighted by molar-refractivity contribution is 6.05. The third-order valence-electron chi connectivity index (χ3n) is 4.08. The van der Waals surface area contributed by atoms with Crippen molar-refractivity contribution in [3.63, 3.8) is 0 Å². The van der Waals surface area contributed by atoms with Gasteiger partial charge in [-0.25, -0.2) is 0 Å². The van der Waals surface area contributed by atoms with E-state index in [0.29, 0.717) is 17.9 Å². The lowest BCUT2D eigenvalue weighted by Crippen LogP contribution is -2.35. The maximum Gasteiger partial charge on any atom is 0.269 e. The average molecular weight is 397 g/mol. The first-order valence-corrected chi connectivity index (χ1v) is 9.14. The molecule has 0 heterocycles. The topological polar surface area (TPSA) is 111 Å². The number of unbranched alkanes of at least 4 members (excludes halogenated alkanes) is 1. The second-order valence-corrected chi connectivity index (χ2v) is 6.20. The monoisotopic (exact) mass is 397 g/mol. The van der Waals surface area contributed by atoms with Gasteiger partial charge in [0.2, 0.25) is 0 Å². The van der Waals surface area contributed by atoms with Crippen molar-refractivity contribution in [3.8, 4) is 5.75 Å². The fraction of sp³-hybridized carbons (Fsp3) is 0.238. The van der Waals surface area contributed by atoms with E-state index < -0.39 is 16.7 Å². The number of methoxy groups -OCH3 is 1. The summed E-state index contributed by atoms with van der Waals surface area (Å²) in [6.45, 7) is 2.50. The number of nitrogens with zero attached hydrogens (tertiary/aromatic N) is 1. The van der Waals surface area contributed by atoms with Crippen LogP contribution in [0, 0.1) is 10.1 Å². The Morgan fingerprint density at radius 3 is 2.31 bits per heavy atom. The molecule has 29 heavy (non-hydrogen) atoms. The lowest BCUT2D eigenvalue weighted by atomic mass is 10.1. The largest absolute Gasteiger partial charge is 0.497 e. The van der Waals surface area contributed by atoms with Crippen LogP contribution in [0.3, 0.4) is 0 Å². The number of hydrogen-bond donors (Lipinski definition) is 2. The summed E-state index contributed by atoms with van der Waals surface area (Å²) >= 11 is 0. The van der Waals surface area contributed by atoms with Crippen molar-refractivity contribution in [2.24, 2.45) is 0 Å². The number of rotatable bonds is 9. The van der Waals surface area contributed by atoms with E-state index in [1.807, 2.05) is 6.92 Å². The molecule has 2 amide bonds. The Hall–Kier alpha value is -3.68. The van der Waals surface area contributed by atoms with Gasteiger partial charge in [-0.15, -0.1) is 0 Å². The SMILES string of the molecule is CCCCNC(=O)/C(=C\c1ccc(OC)cc1)NC(=O)c1ccc([N+](=O)[O-])cc1. The number of hydrogen-bond acceptors (Lipinski definition) is 5. The van der Waals surface area contributed by atoms with Gasteiger partial charge in [-0.1, -0.05) is 25.5 Å². The first kappa shape index (κ1) is 21.6. The summed E-state index contributed by atoms with van der Waals surface area (Å²) in [5.41, 5.74) is 0.871. The van der Waals surface area contributed by atoms with E-state index >= 15 is 0 Å². The van der Waals surface area contributed by atoms with Gasteiger partial charge in [-0.05, 0) is 42.3 Å². The Morgan fingerprint density at radius 1 is 1.10 bits per heavy atom. The van der Waals surface area contributed by atoms with Gasteiger partial charge in [0.15, 0.2) is 0 Å². The highest BCUT2D eigenvalue weighted by Gasteiger charge is 2.15. The van der Waals surface area contributed by atoms with Gasteiger partial charge in [0.25, 0.3) is 17.5 Å². The first-order chi connectivity index (χ1) is 13.9. The summed E-state index contributed by atoms with van der Waals surface area (Å²) in [5.74, 6) is -0.277. The number of carbonyl (C=O) groups is 2. The summed E-state index contributed by atoms with van der Waals surface area (Å²) in [5, 5.41) is 16.1. The summed E-state index contributed by atoms with van der Waals surface area (Å²) in [6.07, 6.45) is 3.30. The van der Waals surface area contributed by atoms with Gasteiger partial charge in [0, 0.05) is 24.2 Å². The average Bonchev–Trinajstić information content (AvgIpc) is 2.73. The van der Waals surface area contributed by atoms with Crippen molar-refractivity contribution in [2.75, 3.05) is 13.7 Å². The number of non-ortho nitro benzene ring substituents is 1. The molecule has 0 aromatic heterocycles. The molecule has 152 valence electrons. The van der Waals surface area contributed by atoms with Crippen LogP contribution in [-0.4, -0.2) is 30.4 Å². The van der Waals surface area contributed by atoms with E-state index in [1.54, 1.807) is 37.5 Å². The first-order valence-electron chi connectivity index (χ1n) is 9.14. The molecule has 2 N–H and O–H groups in total. The quantitative estimate of drug-likeness (QED) is 0.292. The molecule has 0 spiro atoms. The second-order valence-electron chi connectivity index (χ2n) is 6.20. The second kappa shape index (κ2) is 10.6. The van der Waals surface area contributed by atoms with Gasteiger partial charge in [0.1, 0.15) is 11.4 Å². The van der Waals surface area contributed by atoms with Gasteiger partial charge < -0.3 is 15.4 Å². The predicted molar refractivity (Wildman–Crippen MR) is 109 cm³/mol. The van der Waals surface area contributed by atoms with Crippen LogP contribution in [0.25, 0.3) is 6.08 Å². The molecule has 0 unspecified atom stereocenters. The lowest BCUT2D eigenvalue weighted by molar-refractivity contribution is -0.384. The standard InChI is InChI=1S/C21H23N3O5/c1-3-4-13-22-21(26)19(14-15-5-11-18(29-2)12-6-15)23-20(25)16-7-9-17(10-8-16)24(27)28/h5-12,14H,3-4,13H2,1-2H3,(H,22,26)(H,23,25)/b19-14+. The molecule has 0 atom stereocenters. The van der Waals surface area contributed by atoms with Gasteiger partial charge >= 0.3 is 0 Å². The fourth-order valence-corrected chi connectivity index (χ4v) is 2.43. The van der Waals surface area contributed by atoms with E-state index in [9.17, 15) is 19.7 Å².